The fourth-order valence-corrected chi connectivity index (χ4v) is 3.49. The molecule has 1 aliphatic rings. The molecule has 1 aromatic rings. The van der Waals surface area contributed by atoms with E-state index in [-0.39, 0.29) is 5.91 Å². The molecule has 0 atom stereocenters. The first-order valence-electron chi connectivity index (χ1n) is 6.70. The molecule has 0 saturated heterocycles. The van der Waals surface area contributed by atoms with Gasteiger partial charge in [-0.1, -0.05) is 15.9 Å². The molecule has 0 heterocycles. The molecule has 0 spiro atoms. The third kappa shape index (κ3) is 3.99. The second-order valence-corrected chi connectivity index (χ2v) is 7.14. The predicted molar refractivity (Wildman–Crippen MR) is 85.9 cm³/mol. The molecule has 0 aromatic heterocycles. The lowest BCUT2D eigenvalue weighted by Crippen LogP contribution is -2.38. The number of benzene rings is 1. The average Bonchev–Trinajstić information content (AvgIpc) is 2.42. The van der Waals surface area contributed by atoms with Gasteiger partial charge < -0.3 is 5.32 Å². The maximum absolute atomic E-state index is 12.2. The Bertz CT molecular complexity index is 455. The monoisotopic (exact) mass is 341 g/mol. The molecule has 0 radical (unpaired) electrons. The second-order valence-electron chi connectivity index (χ2n) is 5.15. The normalized spacial score (nSPS) is 23.1. The Kier molecular flexibility index (Phi) is 5.34. The van der Waals surface area contributed by atoms with E-state index < -0.39 is 0 Å². The van der Waals surface area contributed by atoms with Gasteiger partial charge in [0.25, 0.3) is 5.91 Å². The highest BCUT2D eigenvalue weighted by Crippen LogP contribution is 2.27. The van der Waals surface area contributed by atoms with Crippen LogP contribution in [0.5, 0.6) is 0 Å². The number of amides is 1. The number of carbonyl (C=O) groups is 1. The fraction of sp³-hybridized carbons (Fsp3) is 0.533. The summed E-state index contributed by atoms with van der Waals surface area (Å²) in [7, 11) is 0. The maximum Gasteiger partial charge on any atom is 0.251 e. The van der Waals surface area contributed by atoms with E-state index in [1.54, 1.807) is 0 Å². The van der Waals surface area contributed by atoms with Crippen molar-refractivity contribution in [2.45, 2.75) is 43.9 Å². The number of hydrogen-bond acceptors (Lipinski definition) is 2. The number of carbonyl (C=O) groups excluding carboxylic acids is 1. The molecule has 104 valence electrons. The van der Waals surface area contributed by atoms with Crippen LogP contribution in [0.3, 0.4) is 0 Å². The first-order chi connectivity index (χ1) is 9.10. The van der Waals surface area contributed by atoms with E-state index in [9.17, 15) is 4.79 Å². The van der Waals surface area contributed by atoms with Gasteiger partial charge in [0.05, 0.1) is 0 Å². The number of hydrogen-bond donors (Lipinski definition) is 1. The summed E-state index contributed by atoms with van der Waals surface area (Å²) in [5, 5.41) is 3.94. The van der Waals surface area contributed by atoms with Gasteiger partial charge in [-0.15, -0.1) is 0 Å². The van der Waals surface area contributed by atoms with E-state index in [4.69, 9.17) is 0 Å². The molecule has 1 amide bonds. The maximum atomic E-state index is 12.2. The Balaban J connectivity index is 1.92. The molecule has 1 fully saturated rings. The molecule has 0 aliphatic heterocycles. The summed E-state index contributed by atoms with van der Waals surface area (Å²) >= 11 is 5.41. The van der Waals surface area contributed by atoms with Crippen LogP contribution in [0.15, 0.2) is 22.7 Å². The van der Waals surface area contributed by atoms with Gasteiger partial charge in [-0.3, -0.25) is 4.79 Å². The van der Waals surface area contributed by atoms with E-state index in [2.05, 4.69) is 27.5 Å². The molecule has 1 N–H and O–H groups in total. The third-order valence-electron chi connectivity index (χ3n) is 3.76. The van der Waals surface area contributed by atoms with Crippen molar-refractivity contribution in [2.75, 3.05) is 6.26 Å². The minimum Gasteiger partial charge on any atom is -0.349 e. The lowest BCUT2D eigenvalue weighted by atomic mass is 9.94. The van der Waals surface area contributed by atoms with Gasteiger partial charge in [-0.2, -0.15) is 11.8 Å². The molecular weight excluding hydrogens is 322 g/mol. The van der Waals surface area contributed by atoms with Gasteiger partial charge in [-0.05, 0) is 62.6 Å². The van der Waals surface area contributed by atoms with Crippen molar-refractivity contribution in [3.8, 4) is 0 Å². The molecule has 4 heteroatoms. The zero-order valence-corrected chi connectivity index (χ0v) is 13.8. The minimum absolute atomic E-state index is 0.0585. The van der Waals surface area contributed by atoms with E-state index in [1.807, 2.05) is 36.9 Å². The van der Waals surface area contributed by atoms with Crippen molar-refractivity contribution < 1.29 is 4.79 Å². The van der Waals surface area contributed by atoms with Crippen LogP contribution in [0.1, 0.15) is 41.6 Å². The highest BCUT2D eigenvalue weighted by Gasteiger charge is 2.22. The second kappa shape index (κ2) is 6.80. The SMILES string of the molecule is CSC1CCC(NC(=O)c2ccc(Br)c(C)c2)CC1. The van der Waals surface area contributed by atoms with Crippen LogP contribution in [0.4, 0.5) is 0 Å². The first-order valence-corrected chi connectivity index (χ1v) is 8.78. The topological polar surface area (TPSA) is 29.1 Å². The molecule has 2 rings (SSSR count). The van der Waals surface area contributed by atoms with Gasteiger partial charge in [0, 0.05) is 21.3 Å². The molecule has 0 bridgehead atoms. The largest absolute Gasteiger partial charge is 0.349 e. The molecule has 1 aromatic carbocycles. The minimum atomic E-state index is 0.0585. The highest BCUT2D eigenvalue weighted by atomic mass is 79.9. The lowest BCUT2D eigenvalue weighted by molar-refractivity contribution is 0.0928. The average molecular weight is 342 g/mol. The number of halogens is 1. The van der Waals surface area contributed by atoms with Crippen molar-refractivity contribution in [1.82, 2.24) is 5.32 Å². The Labute approximate surface area is 127 Å². The van der Waals surface area contributed by atoms with Gasteiger partial charge >= 0.3 is 0 Å². The third-order valence-corrected chi connectivity index (χ3v) is 5.79. The molecular formula is C15H20BrNOS. The van der Waals surface area contributed by atoms with Gasteiger partial charge in [0.1, 0.15) is 0 Å². The highest BCUT2D eigenvalue weighted by molar-refractivity contribution is 9.10. The summed E-state index contributed by atoms with van der Waals surface area (Å²) in [6.45, 7) is 2.00. The van der Waals surface area contributed by atoms with E-state index >= 15 is 0 Å². The van der Waals surface area contributed by atoms with Crippen LogP contribution >= 0.6 is 27.7 Å². The van der Waals surface area contributed by atoms with E-state index in [0.717, 1.165) is 33.7 Å². The van der Waals surface area contributed by atoms with E-state index in [1.165, 1.54) is 12.8 Å². The van der Waals surface area contributed by atoms with Crippen LogP contribution < -0.4 is 5.32 Å². The summed E-state index contributed by atoms with van der Waals surface area (Å²) in [6, 6.07) is 6.10. The Morgan fingerprint density at radius 3 is 2.58 bits per heavy atom. The van der Waals surface area contributed by atoms with Crippen molar-refractivity contribution in [3.05, 3.63) is 33.8 Å². The van der Waals surface area contributed by atoms with Crippen LogP contribution in [-0.2, 0) is 0 Å². The zero-order chi connectivity index (χ0) is 13.8. The molecule has 2 nitrogen and oxygen atoms in total. The summed E-state index contributed by atoms with van der Waals surface area (Å²) in [5.74, 6) is 0.0585. The molecule has 1 aliphatic carbocycles. The smallest absolute Gasteiger partial charge is 0.251 e. The number of nitrogens with one attached hydrogen (secondary N) is 1. The first kappa shape index (κ1) is 14.9. The quantitative estimate of drug-likeness (QED) is 0.894. The fourth-order valence-electron chi connectivity index (χ4n) is 2.50. The Morgan fingerprint density at radius 1 is 1.32 bits per heavy atom. The van der Waals surface area contributed by atoms with Crippen molar-refractivity contribution in [2.24, 2.45) is 0 Å². The van der Waals surface area contributed by atoms with Gasteiger partial charge in [-0.25, -0.2) is 0 Å². The van der Waals surface area contributed by atoms with Gasteiger partial charge in [0.15, 0.2) is 0 Å². The van der Waals surface area contributed by atoms with Crippen molar-refractivity contribution >= 4 is 33.6 Å². The summed E-state index contributed by atoms with van der Waals surface area (Å²) < 4.78 is 1.05. The number of rotatable bonds is 3. The van der Waals surface area contributed by atoms with Crippen molar-refractivity contribution in [3.63, 3.8) is 0 Å². The molecule has 0 unspecified atom stereocenters. The summed E-state index contributed by atoms with van der Waals surface area (Å²) in [6.07, 6.45) is 6.81. The van der Waals surface area contributed by atoms with Crippen LogP contribution in [0.25, 0.3) is 0 Å². The van der Waals surface area contributed by atoms with Crippen LogP contribution in [-0.4, -0.2) is 23.5 Å². The molecule has 1 saturated carbocycles. The molecule has 19 heavy (non-hydrogen) atoms. The lowest BCUT2D eigenvalue weighted by Gasteiger charge is -2.28. The van der Waals surface area contributed by atoms with Crippen LogP contribution in [0, 0.1) is 6.92 Å². The van der Waals surface area contributed by atoms with Crippen molar-refractivity contribution in [1.29, 1.82) is 0 Å². The standard InChI is InChI=1S/C15H20BrNOS/c1-10-9-11(3-8-14(10)16)15(18)17-12-4-6-13(19-2)7-5-12/h3,8-9,12-13H,4-7H2,1-2H3,(H,17,18). The van der Waals surface area contributed by atoms with Gasteiger partial charge in [0.2, 0.25) is 0 Å². The summed E-state index contributed by atoms with van der Waals surface area (Å²) in [4.78, 5) is 12.2. The summed E-state index contributed by atoms with van der Waals surface area (Å²) in [5.41, 5.74) is 1.85. The zero-order valence-electron chi connectivity index (χ0n) is 11.4. The van der Waals surface area contributed by atoms with Crippen LogP contribution in [0.2, 0.25) is 0 Å². The Morgan fingerprint density at radius 2 is 2.00 bits per heavy atom. The predicted octanol–water partition coefficient (Wildman–Crippen LogP) is 4.16. The number of thioether (sulfide) groups is 1. The number of aryl methyl sites for hydroxylation is 1. The Hall–Kier alpha value is -0.480. The van der Waals surface area contributed by atoms with E-state index in [0.29, 0.717) is 6.04 Å².